The summed E-state index contributed by atoms with van der Waals surface area (Å²) in [4.78, 5) is 15.2. The van der Waals surface area contributed by atoms with Gasteiger partial charge in [-0.05, 0) is 31.6 Å². The van der Waals surface area contributed by atoms with Crippen molar-refractivity contribution >= 4 is 21.7 Å². The van der Waals surface area contributed by atoms with Crippen molar-refractivity contribution in [1.29, 1.82) is 0 Å². The number of rotatable bonds is 4. The third-order valence-electron chi connectivity index (χ3n) is 6.41. The quantitative estimate of drug-likeness (QED) is 0.629. The molecule has 3 aliphatic heterocycles. The number of sulfone groups is 1. The van der Waals surface area contributed by atoms with Gasteiger partial charge in [0, 0.05) is 29.3 Å². The van der Waals surface area contributed by atoms with E-state index in [1.54, 1.807) is 32.4 Å². The number of para-hydroxylation sites is 1. The molecule has 0 radical (unpaired) electrons. The minimum Gasteiger partial charge on any atom is -0.493 e. The van der Waals surface area contributed by atoms with Crippen molar-refractivity contribution < 1.29 is 32.2 Å². The molecule has 8 nitrogen and oxygen atoms in total. The molecule has 174 valence electrons. The Morgan fingerprint density at radius 2 is 2.00 bits per heavy atom. The average molecular weight is 472 g/mol. The summed E-state index contributed by atoms with van der Waals surface area (Å²) in [7, 11) is 0.105. The Balaban J connectivity index is 1.46. The summed E-state index contributed by atoms with van der Waals surface area (Å²) >= 11 is 0. The first kappa shape index (κ1) is 21.8. The molecule has 2 aromatic carbocycles. The SMILES string of the molecule is COc1cccc(C=C2Oc3c(cc4c(c3C)OCN([C@H]3CCS(=O)(=O)C3)C4)C2=O)c1OC. The number of carbonyl (C=O) groups is 1. The van der Waals surface area contributed by atoms with Crippen molar-refractivity contribution in [2.75, 3.05) is 32.5 Å². The van der Waals surface area contributed by atoms with E-state index >= 15 is 0 Å². The molecule has 33 heavy (non-hydrogen) atoms. The molecule has 0 aliphatic carbocycles. The van der Waals surface area contributed by atoms with E-state index in [2.05, 4.69) is 0 Å². The third kappa shape index (κ3) is 3.75. The summed E-state index contributed by atoms with van der Waals surface area (Å²) in [5.41, 5.74) is 2.76. The molecule has 3 heterocycles. The van der Waals surface area contributed by atoms with Crippen molar-refractivity contribution in [3.05, 3.63) is 52.3 Å². The molecule has 1 saturated heterocycles. The van der Waals surface area contributed by atoms with Gasteiger partial charge < -0.3 is 18.9 Å². The Labute approximate surface area is 192 Å². The van der Waals surface area contributed by atoms with Gasteiger partial charge in [-0.2, -0.15) is 0 Å². The van der Waals surface area contributed by atoms with Crippen LogP contribution in [0.15, 0.2) is 30.0 Å². The van der Waals surface area contributed by atoms with Crippen LogP contribution in [-0.2, 0) is 16.4 Å². The highest BCUT2D eigenvalue weighted by atomic mass is 32.2. The minimum atomic E-state index is -2.99. The number of benzene rings is 2. The van der Waals surface area contributed by atoms with Crippen LogP contribution >= 0.6 is 0 Å². The number of allylic oxidation sites excluding steroid dienone is 1. The number of hydrogen-bond acceptors (Lipinski definition) is 8. The Hall–Kier alpha value is -3.04. The van der Waals surface area contributed by atoms with Crippen molar-refractivity contribution in [3.8, 4) is 23.0 Å². The van der Waals surface area contributed by atoms with Crippen LogP contribution in [0.3, 0.4) is 0 Å². The van der Waals surface area contributed by atoms with E-state index in [4.69, 9.17) is 18.9 Å². The molecule has 0 N–H and O–H groups in total. The lowest BCUT2D eigenvalue weighted by Crippen LogP contribution is -2.41. The van der Waals surface area contributed by atoms with Crippen LogP contribution < -0.4 is 18.9 Å². The van der Waals surface area contributed by atoms with Gasteiger partial charge in [0.1, 0.15) is 18.2 Å². The van der Waals surface area contributed by atoms with Crippen molar-refractivity contribution in [1.82, 2.24) is 4.90 Å². The maximum Gasteiger partial charge on any atom is 0.231 e. The van der Waals surface area contributed by atoms with Gasteiger partial charge in [0.2, 0.25) is 5.78 Å². The fourth-order valence-electron chi connectivity index (χ4n) is 4.73. The zero-order valence-electron chi connectivity index (χ0n) is 18.7. The van der Waals surface area contributed by atoms with Crippen LogP contribution in [0.5, 0.6) is 23.0 Å². The van der Waals surface area contributed by atoms with Crippen LogP contribution in [0.4, 0.5) is 0 Å². The van der Waals surface area contributed by atoms with Gasteiger partial charge in [-0.1, -0.05) is 12.1 Å². The molecule has 0 amide bonds. The van der Waals surface area contributed by atoms with E-state index in [0.717, 1.165) is 11.1 Å². The number of nitrogens with zero attached hydrogens (tertiary/aromatic N) is 1. The first-order valence-corrected chi connectivity index (χ1v) is 12.5. The predicted octanol–water partition coefficient (Wildman–Crippen LogP) is 2.97. The number of ether oxygens (including phenoxy) is 4. The monoisotopic (exact) mass is 471 g/mol. The van der Waals surface area contributed by atoms with Gasteiger partial charge in [0.25, 0.3) is 0 Å². The number of carbonyl (C=O) groups excluding carboxylic acids is 1. The normalized spacial score (nSPS) is 22.5. The van der Waals surface area contributed by atoms with Gasteiger partial charge in [-0.3, -0.25) is 9.69 Å². The third-order valence-corrected chi connectivity index (χ3v) is 8.16. The lowest BCUT2D eigenvalue weighted by Gasteiger charge is -2.33. The second kappa shape index (κ2) is 8.07. The molecule has 2 aromatic rings. The second-order valence-electron chi connectivity index (χ2n) is 8.47. The van der Waals surface area contributed by atoms with Crippen LogP contribution in [0, 0.1) is 6.92 Å². The van der Waals surface area contributed by atoms with Crippen LogP contribution in [0.25, 0.3) is 6.08 Å². The van der Waals surface area contributed by atoms with Gasteiger partial charge in [0.05, 0.1) is 31.3 Å². The Bertz CT molecular complexity index is 1280. The molecule has 0 saturated carbocycles. The molecule has 1 atom stereocenters. The fraction of sp³-hybridized carbons (Fsp3) is 0.375. The molecule has 0 spiro atoms. The predicted molar refractivity (Wildman–Crippen MR) is 122 cm³/mol. The van der Waals surface area contributed by atoms with E-state index in [1.165, 1.54) is 0 Å². The van der Waals surface area contributed by atoms with Gasteiger partial charge in [0.15, 0.2) is 27.1 Å². The highest BCUT2D eigenvalue weighted by Crippen LogP contribution is 2.44. The summed E-state index contributed by atoms with van der Waals surface area (Å²) in [6, 6.07) is 7.15. The molecule has 0 aromatic heterocycles. The smallest absolute Gasteiger partial charge is 0.231 e. The van der Waals surface area contributed by atoms with E-state index in [0.29, 0.717) is 53.8 Å². The highest BCUT2D eigenvalue weighted by molar-refractivity contribution is 7.91. The topological polar surface area (TPSA) is 91.4 Å². The standard InChI is InChI=1S/C24H25NO7S/c1-14-22-16(11-25(13-31-22)17-7-8-33(27,28)12-17)9-18-21(26)20(32-23(14)18)10-15-5-4-6-19(29-2)24(15)30-3/h4-6,9-10,17H,7-8,11-13H2,1-3H3/t17-/m0/s1. The number of fused-ring (bicyclic) bond motifs is 2. The fourth-order valence-corrected chi connectivity index (χ4v) is 6.49. The van der Waals surface area contributed by atoms with Crippen LogP contribution in [0.1, 0.15) is 33.5 Å². The molecule has 0 bridgehead atoms. The summed E-state index contributed by atoms with van der Waals surface area (Å²) in [6.45, 7) is 2.71. The zero-order valence-corrected chi connectivity index (χ0v) is 19.5. The molecule has 1 fully saturated rings. The highest BCUT2D eigenvalue weighted by Gasteiger charge is 2.37. The second-order valence-corrected chi connectivity index (χ2v) is 10.7. The van der Waals surface area contributed by atoms with Crippen molar-refractivity contribution in [2.24, 2.45) is 0 Å². The van der Waals surface area contributed by atoms with Gasteiger partial charge in [-0.25, -0.2) is 8.42 Å². The number of Topliss-reactive ketones (excluding diaryl/α,β-unsaturated/α-hetero) is 1. The number of ketones is 1. The maximum absolute atomic E-state index is 13.2. The Kier molecular flexibility index (Phi) is 5.33. The van der Waals surface area contributed by atoms with Gasteiger partial charge in [-0.15, -0.1) is 0 Å². The molecular weight excluding hydrogens is 446 g/mol. The summed E-state index contributed by atoms with van der Waals surface area (Å²) in [6.07, 6.45) is 2.25. The molecule has 3 aliphatic rings. The molecule has 9 heteroatoms. The van der Waals surface area contributed by atoms with Crippen molar-refractivity contribution in [2.45, 2.75) is 25.9 Å². The lowest BCUT2D eigenvalue weighted by atomic mass is 9.99. The van der Waals surface area contributed by atoms with E-state index in [9.17, 15) is 13.2 Å². The lowest BCUT2D eigenvalue weighted by molar-refractivity contribution is 0.0637. The van der Waals surface area contributed by atoms with E-state index < -0.39 is 9.84 Å². The number of methoxy groups -OCH3 is 2. The van der Waals surface area contributed by atoms with Crippen LogP contribution in [-0.4, -0.2) is 57.6 Å². The Morgan fingerprint density at radius 3 is 2.70 bits per heavy atom. The molecule has 0 unspecified atom stereocenters. The first-order chi connectivity index (χ1) is 15.8. The number of hydrogen-bond donors (Lipinski definition) is 0. The summed E-state index contributed by atoms with van der Waals surface area (Å²) in [5, 5.41) is 0. The average Bonchev–Trinajstić information content (AvgIpc) is 3.33. The summed E-state index contributed by atoms with van der Waals surface area (Å²) < 4.78 is 46.6. The van der Waals surface area contributed by atoms with Crippen molar-refractivity contribution in [3.63, 3.8) is 0 Å². The first-order valence-electron chi connectivity index (χ1n) is 10.7. The van der Waals surface area contributed by atoms with E-state index in [-0.39, 0.29) is 29.1 Å². The van der Waals surface area contributed by atoms with Crippen LogP contribution in [0.2, 0.25) is 0 Å². The molecular formula is C24H25NO7S. The maximum atomic E-state index is 13.2. The Morgan fingerprint density at radius 1 is 1.18 bits per heavy atom. The largest absolute Gasteiger partial charge is 0.493 e. The summed E-state index contributed by atoms with van der Waals surface area (Å²) in [5.74, 6) is 2.58. The zero-order chi connectivity index (χ0) is 23.3. The van der Waals surface area contributed by atoms with Gasteiger partial charge >= 0.3 is 0 Å². The van der Waals surface area contributed by atoms with E-state index in [1.807, 2.05) is 24.0 Å². The molecule has 5 rings (SSSR count). The minimum absolute atomic E-state index is 0.0698.